The highest BCUT2D eigenvalue weighted by Crippen LogP contribution is 2.36. The van der Waals surface area contributed by atoms with Crippen LogP contribution < -0.4 is 9.62 Å². The first-order chi connectivity index (χ1) is 16.2. The van der Waals surface area contributed by atoms with Crippen LogP contribution >= 0.6 is 46.4 Å². The monoisotopic (exact) mass is 557 g/mol. The zero-order chi connectivity index (χ0) is 24.7. The van der Waals surface area contributed by atoms with Crippen molar-refractivity contribution in [2.75, 3.05) is 34.5 Å². The summed E-state index contributed by atoms with van der Waals surface area (Å²) in [6, 6.07) is 17.0. The molecule has 0 radical (unpaired) electrons. The average molecular weight is 559 g/mol. The summed E-state index contributed by atoms with van der Waals surface area (Å²) < 4.78 is 28.2. The van der Waals surface area contributed by atoms with Gasteiger partial charge in [0.1, 0.15) is 0 Å². The van der Waals surface area contributed by atoms with Gasteiger partial charge in [-0.2, -0.15) is 0 Å². The van der Waals surface area contributed by atoms with E-state index in [0.717, 1.165) is 16.8 Å². The SMILES string of the molecule is Cc1cc(N(CCCl)CCCl)ccc1C=Nc1cc(Cl)c(Cl)cc1NS(=O)(=O)c1ccccc1. The van der Waals surface area contributed by atoms with Gasteiger partial charge in [-0.25, -0.2) is 8.42 Å². The van der Waals surface area contributed by atoms with Gasteiger partial charge in [0.25, 0.3) is 10.0 Å². The predicted molar refractivity (Wildman–Crippen MR) is 146 cm³/mol. The Bertz CT molecular complexity index is 1260. The first kappa shape index (κ1) is 26.6. The van der Waals surface area contributed by atoms with Crippen molar-refractivity contribution in [3.8, 4) is 0 Å². The number of aryl methyl sites for hydroxylation is 1. The number of hydrogen-bond acceptors (Lipinski definition) is 4. The third kappa shape index (κ3) is 6.80. The number of nitrogens with zero attached hydrogens (tertiary/aromatic N) is 2. The molecular formula is C24H23Cl4N3O2S. The molecule has 180 valence electrons. The summed E-state index contributed by atoms with van der Waals surface area (Å²) in [6.07, 6.45) is 1.66. The maximum atomic E-state index is 12.8. The highest BCUT2D eigenvalue weighted by molar-refractivity contribution is 7.92. The number of sulfonamides is 1. The standard InChI is InChI=1S/C24H23Cl4N3O2S/c1-17-13-19(31(11-9-25)12-10-26)8-7-18(17)16-29-23-14-21(27)22(28)15-24(23)30-34(32,33)20-5-3-2-4-6-20/h2-8,13-16,30H,9-12H2,1H3. The second kappa shape index (κ2) is 12.1. The van der Waals surface area contributed by atoms with Crippen LogP contribution in [-0.2, 0) is 10.0 Å². The number of nitrogens with one attached hydrogen (secondary N) is 1. The van der Waals surface area contributed by atoms with E-state index >= 15 is 0 Å². The molecule has 34 heavy (non-hydrogen) atoms. The molecule has 1 N–H and O–H groups in total. The molecule has 3 aromatic carbocycles. The lowest BCUT2D eigenvalue weighted by Gasteiger charge is -2.23. The Morgan fingerprint density at radius 3 is 2.21 bits per heavy atom. The Hall–Kier alpha value is -1.96. The zero-order valence-electron chi connectivity index (χ0n) is 18.3. The minimum absolute atomic E-state index is 0.126. The summed E-state index contributed by atoms with van der Waals surface area (Å²) in [4.78, 5) is 6.75. The van der Waals surface area contributed by atoms with E-state index in [4.69, 9.17) is 46.4 Å². The van der Waals surface area contributed by atoms with Crippen molar-refractivity contribution in [3.63, 3.8) is 0 Å². The van der Waals surface area contributed by atoms with Gasteiger partial charge in [0, 0.05) is 36.8 Å². The molecule has 0 spiro atoms. The molecule has 3 aromatic rings. The predicted octanol–water partition coefficient (Wildman–Crippen LogP) is 7.14. The van der Waals surface area contributed by atoms with Gasteiger partial charge in [-0.05, 0) is 54.4 Å². The maximum absolute atomic E-state index is 12.8. The average Bonchev–Trinajstić information content (AvgIpc) is 2.81. The molecule has 5 nitrogen and oxygen atoms in total. The van der Waals surface area contributed by atoms with Gasteiger partial charge in [0.05, 0.1) is 26.3 Å². The second-order valence-electron chi connectivity index (χ2n) is 7.37. The van der Waals surface area contributed by atoms with Crippen LogP contribution in [0.3, 0.4) is 0 Å². The van der Waals surface area contributed by atoms with Crippen LogP contribution in [0.15, 0.2) is 70.6 Å². The fraction of sp³-hybridized carbons (Fsp3) is 0.208. The fourth-order valence-corrected chi connectivity index (χ4v) is 5.06. The van der Waals surface area contributed by atoms with Crippen molar-refractivity contribution in [1.29, 1.82) is 0 Å². The van der Waals surface area contributed by atoms with Crippen molar-refractivity contribution in [2.24, 2.45) is 4.99 Å². The molecule has 0 amide bonds. The number of aliphatic imine (C=N–C) groups is 1. The van der Waals surface area contributed by atoms with Crippen LogP contribution in [0.1, 0.15) is 11.1 Å². The zero-order valence-corrected chi connectivity index (χ0v) is 22.2. The summed E-state index contributed by atoms with van der Waals surface area (Å²) in [6.45, 7) is 3.35. The van der Waals surface area contributed by atoms with Crippen molar-refractivity contribution in [1.82, 2.24) is 0 Å². The summed E-state index contributed by atoms with van der Waals surface area (Å²) in [7, 11) is -3.84. The molecular weight excluding hydrogens is 536 g/mol. The second-order valence-corrected chi connectivity index (χ2v) is 10.6. The number of anilines is 2. The van der Waals surface area contributed by atoms with Gasteiger partial charge in [0.2, 0.25) is 0 Å². The molecule has 10 heteroatoms. The highest BCUT2D eigenvalue weighted by atomic mass is 35.5. The van der Waals surface area contributed by atoms with E-state index in [2.05, 4.69) is 14.6 Å². The smallest absolute Gasteiger partial charge is 0.261 e. The largest absolute Gasteiger partial charge is 0.369 e. The topological polar surface area (TPSA) is 61.8 Å². The van der Waals surface area contributed by atoms with E-state index in [1.165, 1.54) is 24.3 Å². The van der Waals surface area contributed by atoms with Gasteiger partial charge >= 0.3 is 0 Å². The van der Waals surface area contributed by atoms with Gasteiger partial charge in [-0.15, -0.1) is 23.2 Å². The van der Waals surface area contributed by atoms with Crippen LogP contribution in [0.5, 0.6) is 0 Å². The van der Waals surface area contributed by atoms with Crippen LogP contribution in [0.2, 0.25) is 10.0 Å². The Morgan fingerprint density at radius 1 is 0.941 bits per heavy atom. The summed E-state index contributed by atoms with van der Waals surface area (Å²) in [5.74, 6) is 0.996. The molecule has 0 bridgehead atoms. The highest BCUT2D eigenvalue weighted by Gasteiger charge is 2.17. The number of rotatable bonds is 10. The van der Waals surface area contributed by atoms with E-state index in [1.807, 2.05) is 25.1 Å². The molecule has 0 aliphatic carbocycles. The molecule has 0 unspecified atom stereocenters. The lowest BCUT2D eigenvalue weighted by Crippen LogP contribution is -2.27. The van der Waals surface area contributed by atoms with Gasteiger partial charge in [0.15, 0.2) is 0 Å². The Labute approximate surface area is 220 Å². The fourth-order valence-electron chi connectivity index (χ4n) is 3.24. The summed E-state index contributed by atoms with van der Waals surface area (Å²) in [5.41, 5.74) is 3.43. The molecule has 0 heterocycles. The minimum Gasteiger partial charge on any atom is -0.369 e. The van der Waals surface area contributed by atoms with Crippen LogP contribution in [0.25, 0.3) is 0 Å². The molecule has 0 aliphatic rings. The van der Waals surface area contributed by atoms with E-state index in [1.54, 1.807) is 24.4 Å². The molecule has 3 rings (SSSR count). The Morgan fingerprint density at radius 2 is 1.59 bits per heavy atom. The van der Waals surface area contributed by atoms with E-state index < -0.39 is 10.0 Å². The third-order valence-corrected chi connectivity index (χ3v) is 7.45. The van der Waals surface area contributed by atoms with Gasteiger partial charge in [-0.1, -0.05) is 47.5 Å². The van der Waals surface area contributed by atoms with Crippen molar-refractivity contribution in [2.45, 2.75) is 11.8 Å². The van der Waals surface area contributed by atoms with Crippen molar-refractivity contribution in [3.05, 3.63) is 81.8 Å². The Balaban J connectivity index is 1.92. The quantitative estimate of drug-likeness (QED) is 0.212. The Kier molecular flexibility index (Phi) is 9.51. The lowest BCUT2D eigenvalue weighted by molar-refractivity contribution is 0.601. The molecule has 0 aromatic heterocycles. The van der Waals surface area contributed by atoms with Crippen molar-refractivity contribution < 1.29 is 8.42 Å². The maximum Gasteiger partial charge on any atom is 0.261 e. The number of alkyl halides is 2. The van der Waals surface area contributed by atoms with Crippen molar-refractivity contribution >= 4 is 79.7 Å². The molecule has 0 saturated carbocycles. The van der Waals surface area contributed by atoms with E-state index in [-0.39, 0.29) is 20.6 Å². The normalized spacial score (nSPS) is 11.7. The number of halogens is 4. The first-order valence-electron chi connectivity index (χ1n) is 10.3. The minimum atomic E-state index is -3.84. The van der Waals surface area contributed by atoms with Crippen LogP contribution in [0, 0.1) is 6.92 Å². The summed E-state index contributed by atoms with van der Waals surface area (Å²) in [5, 5.41) is 0.479. The third-order valence-electron chi connectivity index (χ3n) is 5.01. The number of hydrogen-bond donors (Lipinski definition) is 1. The molecule has 0 saturated heterocycles. The van der Waals surface area contributed by atoms with Gasteiger partial charge in [-0.3, -0.25) is 9.71 Å². The van der Waals surface area contributed by atoms with Crippen LogP contribution in [0.4, 0.5) is 17.1 Å². The lowest BCUT2D eigenvalue weighted by atomic mass is 10.1. The first-order valence-corrected chi connectivity index (χ1v) is 13.6. The summed E-state index contributed by atoms with van der Waals surface area (Å²) >= 11 is 24.2. The van der Waals surface area contributed by atoms with Gasteiger partial charge < -0.3 is 4.90 Å². The van der Waals surface area contributed by atoms with E-state index in [9.17, 15) is 8.42 Å². The van der Waals surface area contributed by atoms with E-state index in [0.29, 0.717) is 30.5 Å². The molecule has 0 atom stereocenters. The number of benzene rings is 3. The molecule has 0 fully saturated rings. The van der Waals surface area contributed by atoms with Crippen LogP contribution in [-0.4, -0.2) is 39.5 Å². The molecule has 0 aliphatic heterocycles.